The van der Waals surface area contributed by atoms with Gasteiger partial charge in [-0.1, -0.05) is 12.8 Å². The fraction of sp³-hybridized carbons (Fsp3) is 0.929. The molecule has 0 aromatic rings. The van der Waals surface area contributed by atoms with Crippen molar-refractivity contribution in [1.29, 1.82) is 0 Å². The molecule has 1 aliphatic heterocycles. The summed E-state index contributed by atoms with van der Waals surface area (Å²) in [5.74, 6) is 0.636. The van der Waals surface area contributed by atoms with Gasteiger partial charge < -0.3 is 10.1 Å². The molecule has 2 atom stereocenters. The Kier molecular flexibility index (Phi) is 4.21. The third-order valence-electron chi connectivity index (χ3n) is 4.47. The van der Waals surface area contributed by atoms with E-state index in [1.54, 1.807) is 0 Å². The molecule has 1 heterocycles. The minimum absolute atomic E-state index is 0.431. The summed E-state index contributed by atoms with van der Waals surface area (Å²) in [6, 6.07) is 0.670. The predicted octanol–water partition coefficient (Wildman–Crippen LogP) is 2.09. The lowest BCUT2D eigenvalue weighted by molar-refractivity contribution is -0.0245. The van der Waals surface area contributed by atoms with Crippen LogP contribution < -0.4 is 0 Å². The molecule has 0 bridgehead atoms. The van der Waals surface area contributed by atoms with Crippen LogP contribution >= 0.6 is 0 Å². The molecular formula is C14H26N2O. The second kappa shape index (κ2) is 5.49. The van der Waals surface area contributed by atoms with Gasteiger partial charge in [-0.3, -0.25) is 4.90 Å². The van der Waals surface area contributed by atoms with Crippen molar-refractivity contribution in [3.63, 3.8) is 0 Å². The first kappa shape index (κ1) is 13.0. The van der Waals surface area contributed by atoms with Crippen molar-refractivity contribution in [3.8, 4) is 0 Å². The Morgan fingerprint density at radius 1 is 1.24 bits per heavy atom. The maximum atomic E-state index is 10.0. The average molecular weight is 238 g/mol. The smallest absolute Gasteiger partial charge is 0.0644 e. The topological polar surface area (TPSA) is 35.8 Å². The molecular weight excluding hydrogens is 212 g/mol. The molecule has 3 heteroatoms. The second-order valence-electron chi connectivity index (χ2n) is 5.96. The van der Waals surface area contributed by atoms with E-state index >= 15 is 0 Å². The van der Waals surface area contributed by atoms with Crippen molar-refractivity contribution in [1.82, 2.24) is 4.90 Å². The first-order chi connectivity index (χ1) is 8.12. The van der Waals surface area contributed by atoms with Gasteiger partial charge in [0, 0.05) is 38.3 Å². The van der Waals surface area contributed by atoms with Gasteiger partial charge in [-0.2, -0.15) is 0 Å². The van der Waals surface area contributed by atoms with Crippen molar-refractivity contribution in [2.24, 2.45) is 10.9 Å². The van der Waals surface area contributed by atoms with Gasteiger partial charge in [-0.15, -0.1) is 0 Å². The van der Waals surface area contributed by atoms with E-state index in [-0.39, 0.29) is 0 Å². The minimum atomic E-state index is -0.431. The van der Waals surface area contributed by atoms with Crippen molar-refractivity contribution in [2.75, 3.05) is 20.1 Å². The van der Waals surface area contributed by atoms with Gasteiger partial charge >= 0.3 is 0 Å². The Balaban J connectivity index is 1.95. The molecule has 2 fully saturated rings. The first-order valence-electron chi connectivity index (χ1n) is 7.01. The number of likely N-dealkylation sites (tertiary alicyclic amines) is 1. The van der Waals surface area contributed by atoms with E-state index in [4.69, 9.17) is 0 Å². The molecule has 0 aromatic heterocycles. The van der Waals surface area contributed by atoms with Crippen LogP contribution in [-0.4, -0.2) is 48.0 Å². The summed E-state index contributed by atoms with van der Waals surface area (Å²) in [4.78, 5) is 6.82. The summed E-state index contributed by atoms with van der Waals surface area (Å²) in [6.07, 6.45) is 9.27. The molecule has 98 valence electrons. The molecule has 1 saturated carbocycles. The zero-order valence-electron chi connectivity index (χ0n) is 11.2. The van der Waals surface area contributed by atoms with Gasteiger partial charge in [-0.25, -0.2) is 0 Å². The Morgan fingerprint density at radius 2 is 1.88 bits per heavy atom. The highest BCUT2D eigenvalue weighted by atomic mass is 16.3. The fourth-order valence-electron chi connectivity index (χ4n) is 3.30. The third kappa shape index (κ3) is 3.29. The molecule has 1 saturated heterocycles. The van der Waals surface area contributed by atoms with Crippen LogP contribution in [0.25, 0.3) is 0 Å². The van der Waals surface area contributed by atoms with Crippen LogP contribution in [0.4, 0.5) is 0 Å². The summed E-state index contributed by atoms with van der Waals surface area (Å²) in [5, 5.41) is 10.0. The van der Waals surface area contributed by atoms with Gasteiger partial charge in [0.25, 0.3) is 0 Å². The number of hydrogen-bond donors (Lipinski definition) is 1. The Bertz CT molecular complexity index is 265. The van der Waals surface area contributed by atoms with E-state index in [2.05, 4.69) is 16.1 Å². The largest absolute Gasteiger partial charge is 0.390 e. The maximum Gasteiger partial charge on any atom is 0.0644 e. The molecule has 1 unspecified atom stereocenters. The highest BCUT2D eigenvalue weighted by Crippen LogP contribution is 2.31. The number of hydrogen-bond acceptors (Lipinski definition) is 3. The number of rotatable bonds is 2. The quantitative estimate of drug-likeness (QED) is 0.748. The zero-order valence-corrected chi connectivity index (χ0v) is 11.2. The van der Waals surface area contributed by atoms with Gasteiger partial charge in [-0.05, 0) is 32.6 Å². The van der Waals surface area contributed by atoms with E-state index < -0.39 is 5.60 Å². The lowest BCUT2D eigenvalue weighted by Crippen LogP contribution is -2.50. The highest BCUT2D eigenvalue weighted by Gasteiger charge is 2.34. The summed E-state index contributed by atoms with van der Waals surface area (Å²) in [7, 11) is 1.88. The van der Waals surface area contributed by atoms with Gasteiger partial charge in [0.1, 0.15) is 0 Å². The molecule has 3 nitrogen and oxygen atoms in total. The number of aliphatic hydroxyl groups is 1. The molecule has 0 radical (unpaired) electrons. The van der Waals surface area contributed by atoms with Crippen LogP contribution in [-0.2, 0) is 0 Å². The van der Waals surface area contributed by atoms with Crippen molar-refractivity contribution < 1.29 is 5.11 Å². The molecule has 17 heavy (non-hydrogen) atoms. The van der Waals surface area contributed by atoms with Crippen LogP contribution in [0.2, 0.25) is 0 Å². The van der Waals surface area contributed by atoms with E-state index in [1.165, 1.54) is 25.7 Å². The Morgan fingerprint density at radius 3 is 2.53 bits per heavy atom. The molecule has 0 amide bonds. The lowest BCUT2D eigenvalue weighted by Gasteiger charge is -2.44. The van der Waals surface area contributed by atoms with E-state index in [0.717, 1.165) is 25.9 Å². The van der Waals surface area contributed by atoms with Gasteiger partial charge in [0.2, 0.25) is 0 Å². The summed E-state index contributed by atoms with van der Waals surface area (Å²) < 4.78 is 0. The van der Waals surface area contributed by atoms with Crippen molar-refractivity contribution in [2.45, 2.75) is 57.1 Å². The van der Waals surface area contributed by atoms with E-state index in [1.807, 2.05) is 14.0 Å². The van der Waals surface area contributed by atoms with E-state index in [9.17, 15) is 5.11 Å². The number of aliphatic imine (C=N–C) groups is 1. The van der Waals surface area contributed by atoms with Crippen molar-refractivity contribution >= 4 is 6.21 Å². The Labute approximate surface area is 105 Å². The maximum absolute atomic E-state index is 10.0. The molecule has 2 rings (SSSR count). The van der Waals surface area contributed by atoms with Crippen LogP contribution in [0, 0.1) is 5.92 Å². The van der Waals surface area contributed by atoms with Crippen LogP contribution in [0.5, 0.6) is 0 Å². The SMILES string of the molecule is CN=CC1CCCC[C@@H]1N1CCC(C)(O)CC1. The molecule has 1 N–H and O–H groups in total. The number of piperidine rings is 1. The summed E-state index contributed by atoms with van der Waals surface area (Å²) in [6.45, 7) is 4.06. The van der Waals surface area contributed by atoms with Gasteiger partial charge in [0.05, 0.1) is 5.60 Å². The molecule has 0 aromatic carbocycles. The first-order valence-corrected chi connectivity index (χ1v) is 7.01. The van der Waals surface area contributed by atoms with Gasteiger partial charge in [0.15, 0.2) is 0 Å². The minimum Gasteiger partial charge on any atom is -0.390 e. The van der Waals surface area contributed by atoms with Crippen LogP contribution in [0.15, 0.2) is 4.99 Å². The Hall–Kier alpha value is -0.410. The third-order valence-corrected chi connectivity index (χ3v) is 4.47. The summed E-state index contributed by atoms with van der Waals surface area (Å²) >= 11 is 0. The average Bonchev–Trinajstić information content (AvgIpc) is 2.31. The predicted molar refractivity (Wildman–Crippen MR) is 71.6 cm³/mol. The number of nitrogens with zero attached hydrogens (tertiary/aromatic N) is 2. The van der Waals surface area contributed by atoms with Crippen LogP contribution in [0.3, 0.4) is 0 Å². The summed E-state index contributed by atoms with van der Waals surface area (Å²) in [5.41, 5.74) is -0.431. The zero-order chi connectivity index (χ0) is 12.3. The fourth-order valence-corrected chi connectivity index (χ4v) is 3.30. The van der Waals surface area contributed by atoms with E-state index in [0.29, 0.717) is 12.0 Å². The van der Waals surface area contributed by atoms with Crippen LogP contribution in [0.1, 0.15) is 45.4 Å². The highest BCUT2D eigenvalue weighted by molar-refractivity contribution is 5.61. The molecule has 2 aliphatic rings. The monoisotopic (exact) mass is 238 g/mol. The molecule has 1 aliphatic carbocycles. The second-order valence-corrected chi connectivity index (χ2v) is 5.96. The van der Waals surface area contributed by atoms with Crippen molar-refractivity contribution in [3.05, 3.63) is 0 Å². The normalized spacial score (nSPS) is 35.2. The lowest BCUT2D eigenvalue weighted by atomic mass is 9.82. The standard InChI is InChI=1S/C14H26N2O/c1-14(17)7-9-16(10-8-14)13-6-4-3-5-12(13)11-15-2/h11-13,17H,3-10H2,1-2H3/t12?,13-/m0/s1. The molecule has 0 spiro atoms.